The van der Waals surface area contributed by atoms with Crippen LogP contribution in [0.15, 0.2) is 23.1 Å². The second-order valence-corrected chi connectivity index (χ2v) is 7.08. The molecule has 3 heteroatoms. The minimum Gasteiger partial charge on any atom is -0.312 e. The summed E-state index contributed by atoms with van der Waals surface area (Å²) in [6, 6.07) is 6.42. The third-order valence-electron chi connectivity index (χ3n) is 3.10. The molecule has 1 aromatic carbocycles. The van der Waals surface area contributed by atoms with Gasteiger partial charge < -0.3 is 5.32 Å². The molecule has 0 aromatic heterocycles. The van der Waals surface area contributed by atoms with Gasteiger partial charge in [-0.05, 0) is 36.1 Å². The predicted molar refractivity (Wildman–Crippen MR) is 88.2 cm³/mol. The highest BCUT2D eigenvalue weighted by Gasteiger charge is 2.05. The van der Waals surface area contributed by atoms with Crippen LogP contribution in [-0.2, 0) is 6.54 Å². The largest absolute Gasteiger partial charge is 0.312 e. The van der Waals surface area contributed by atoms with Crippen LogP contribution in [0.4, 0.5) is 0 Å². The van der Waals surface area contributed by atoms with E-state index in [1.165, 1.54) is 16.9 Å². The van der Waals surface area contributed by atoms with Crippen molar-refractivity contribution in [3.05, 3.63) is 28.8 Å². The molecule has 0 saturated carbocycles. The summed E-state index contributed by atoms with van der Waals surface area (Å²) in [5, 5.41) is 4.33. The monoisotopic (exact) mass is 299 g/mol. The minimum atomic E-state index is 0.681. The predicted octanol–water partition coefficient (Wildman–Crippen LogP) is 5.22. The molecule has 1 rings (SSSR count). The van der Waals surface area contributed by atoms with Gasteiger partial charge >= 0.3 is 0 Å². The molecule has 1 aromatic rings. The zero-order valence-electron chi connectivity index (χ0n) is 12.5. The van der Waals surface area contributed by atoms with Crippen molar-refractivity contribution in [3.8, 4) is 0 Å². The first kappa shape index (κ1) is 16.9. The lowest BCUT2D eigenvalue weighted by atomic mass is 10.2. The number of nitrogens with one attached hydrogen (secondary N) is 1. The van der Waals surface area contributed by atoms with Crippen LogP contribution in [-0.4, -0.2) is 12.3 Å². The molecular formula is C16H26ClNS. The highest BCUT2D eigenvalue weighted by atomic mass is 35.5. The number of hydrogen-bond acceptors (Lipinski definition) is 2. The fourth-order valence-electron chi connectivity index (χ4n) is 1.63. The first-order valence-corrected chi connectivity index (χ1v) is 8.51. The molecule has 1 unspecified atom stereocenters. The van der Waals surface area contributed by atoms with E-state index in [-0.39, 0.29) is 0 Å². The Hall–Kier alpha value is -0.180. The lowest BCUT2D eigenvalue weighted by Crippen LogP contribution is -2.18. The van der Waals surface area contributed by atoms with E-state index in [0.29, 0.717) is 5.92 Å². The van der Waals surface area contributed by atoms with Gasteiger partial charge in [0.25, 0.3) is 0 Å². The van der Waals surface area contributed by atoms with Gasteiger partial charge in [-0.3, -0.25) is 0 Å². The van der Waals surface area contributed by atoms with Gasteiger partial charge in [0.1, 0.15) is 0 Å². The summed E-state index contributed by atoms with van der Waals surface area (Å²) < 4.78 is 0. The summed E-state index contributed by atoms with van der Waals surface area (Å²) in [6.45, 7) is 10.9. The Labute approximate surface area is 127 Å². The van der Waals surface area contributed by atoms with E-state index < -0.39 is 0 Å². The Morgan fingerprint density at radius 1 is 1.26 bits per heavy atom. The average molecular weight is 300 g/mol. The minimum absolute atomic E-state index is 0.681. The van der Waals surface area contributed by atoms with Gasteiger partial charge in [-0.15, -0.1) is 11.8 Å². The van der Waals surface area contributed by atoms with Gasteiger partial charge in [-0.2, -0.15) is 0 Å². The van der Waals surface area contributed by atoms with Gasteiger partial charge in [0.15, 0.2) is 0 Å². The van der Waals surface area contributed by atoms with E-state index in [1.807, 2.05) is 11.8 Å². The zero-order chi connectivity index (χ0) is 14.3. The summed E-state index contributed by atoms with van der Waals surface area (Å²) in [6.07, 6.45) is 1.22. The van der Waals surface area contributed by atoms with Crippen molar-refractivity contribution in [2.24, 2.45) is 11.8 Å². The summed E-state index contributed by atoms with van der Waals surface area (Å²) in [4.78, 5) is 1.20. The van der Waals surface area contributed by atoms with Crippen molar-refractivity contribution in [1.29, 1.82) is 0 Å². The molecule has 19 heavy (non-hydrogen) atoms. The van der Waals surface area contributed by atoms with Gasteiger partial charge in [-0.1, -0.05) is 51.8 Å². The van der Waals surface area contributed by atoms with E-state index in [1.54, 1.807) is 0 Å². The number of rotatable bonds is 8. The molecule has 0 aliphatic rings. The molecule has 0 bridgehead atoms. The summed E-state index contributed by atoms with van der Waals surface area (Å²) >= 11 is 8.21. The third kappa shape index (κ3) is 6.69. The molecule has 0 aliphatic carbocycles. The Balaban J connectivity index is 2.49. The Morgan fingerprint density at radius 3 is 2.58 bits per heavy atom. The Morgan fingerprint density at radius 2 is 2.00 bits per heavy atom. The van der Waals surface area contributed by atoms with Crippen molar-refractivity contribution in [3.63, 3.8) is 0 Å². The van der Waals surface area contributed by atoms with Crippen LogP contribution >= 0.6 is 23.4 Å². The van der Waals surface area contributed by atoms with E-state index in [4.69, 9.17) is 11.6 Å². The smallest absolute Gasteiger partial charge is 0.0545 e. The van der Waals surface area contributed by atoms with Gasteiger partial charge in [0.05, 0.1) is 5.02 Å². The van der Waals surface area contributed by atoms with Crippen LogP contribution < -0.4 is 5.32 Å². The van der Waals surface area contributed by atoms with Crippen LogP contribution in [0.5, 0.6) is 0 Å². The summed E-state index contributed by atoms with van der Waals surface area (Å²) in [5.41, 5.74) is 1.26. The van der Waals surface area contributed by atoms with Crippen molar-refractivity contribution in [2.45, 2.75) is 45.6 Å². The average Bonchev–Trinajstić information content (AvgIpc) is 2.37. The highest BCUT2D eigenvalue weighted by molar-refractivity contribution is 7.99. The first-order chi connectivity index (χ1) is 9.02. The number of halogens is 1. The van der Waals surface area contributed by atoms with Crippen LogP contribution in [0.25, 0.3) is 0 Å². The Kier molecular flexibility index (Phi) is 7.89. The number of benzene rings is 1. The van der Waals surface area contributed by atoms with Crippen molar-refractivity contribution in [1.82, 2.24) is 5.32 Å². The molecule has 0 heterocycles. The molecule has 0 spiro atoms. The second kappa shape index (κ2) is 8.89. The SMILES string of the molecule is CCC(C)CSc1ccc(CNCC(C)C)cc1Cl. The molecule has 1 atom stereocenters. The molecule has 0 aliphatic heterocycles. The summed E-state index contributed by atoms with van der Waals surface area (Å²) in [5.74, 6) is 2.57. The zero-order valence-corrected chi connectivity index (χ0v) is 14.1. The van der Waals surface area contributed by atoms with E-state index in [0.717, 1.165) is 29.8 Å². The van der Waals surface area contributed by atoms with Crippen molar-refractivity contribution < 1.29 is 0 Å². The van der Waals surface area contributed by atoms with Crippen LogP contribution in [0.1, 0.15) is 39.7 Å². The van der Waals surface area contributed by atoms with Crippen LogP contribution in [0.2, 0.25) is 5.02 Å². The fourth-order valence-corrected chi connectivity index (χ4v) is 3.05. The molecule has 108 valence electrons. The van der Waals surface area contributed by atoms with Crippen LogP contribution in [0, 0.1) is 11.8 Å². The first-order valence-electron chi connectivity index (χ1n) is 7.14. The quantitative estimate of drug-likeness (QED) is 0.660. The molecule has 1 nitrogen and oxygen atoms in total. The lowest BCUT2D eigenvalue weighted by Gasteiger charge is -2.11. The molecular weight excluding hydrogens is 274 g/mol. The van der Waals surface area contributed by atoms with Crippen molar-refractivity contribution in [2.75, 3.05) is 12.3 Å². The van der Waals surface area contributed by atoms with Gasteiger partial charge in [0, 0.05) is 17.2 Å². The summed E-state index contributed by atoms with van der Waals surface area (Å²) in [7, 11) is 0. The lowest BCUT2D eigenvalue weighted by molar-refractivity contribution is 0.552. The van der Waals surface area contributed by atoms with Gasteiger partial charge in [-0.25, -0.2) is 0 Å². The molecule has 0 fully saturated rings. The normalized spacial score (nSPS) is 12.9. The number of hydrogen-bond donors (Lipinski definition) is 1. The molecule has 0 radical (unpaired) electrons. The standard InChI is InChI=1S/C16H26ClNS/c1-5-13(4)11-19-16-7-6-14(8-15(16)17)10-18-9-12(2)3/h6-8,12-13,18H,5,9-11H2,1-4H3. The molecule has 1 N–H and O–H groups in total. The molecule has 0 saturated heterocycles. The van der Waals surface area contributed by atoms with Crippen LogP contribution in [0.3, 0.4) is 0 Å². The highest BCUT2D eigenvalue weighted by Crippen LogP contribution is 2.29. The third-order valence-corrected chi connectivity index (χ3v) is 4.93. The van der Waals surface area contributed by atoms with E-state index in [9.17, 15) is 0 Å². The Bertz CT molecular complexity index is 379. The second-order valence-electron chi connectivity index (χ2n) is 5.61. The number of thioether (sulfide) groups is 1. The van der Waals surface area contributed by atoms with Crippen molar-refractivity contribution >= 4 is 23.4 Å². The maximum Gasteiger partial charge on any atom is 0.0545 e. The maximum atomic E-state index is 6.35. The topological polar surface area (TPSA) is 12.0 Å². The maximum absolute atomic E-state index is 6.35. The molecule has 0 amide bonds. The van der Waals surface area contributed by atoms with Gasteiger partial charge in [0.2, 0.25) is 0 Å². The van der Waals surface area contributed by atoms with E-state index in [2.05, 4.69) is 51.2 Å². The fraction of sp³-hybridized carbons (Fsp3) is 0.625. The van der Waals surface area contributed by atoms with E-state index >= 15 is 0 Å².